The van der Waals surface area contributed by atoms with Crippen LogP contribution >= 0.6 is 11.3 Å². The van der Waals surface area contributed by atoms with Crippen molar-refractivity contribution in [2.45, 2.75) is 84.5 Å². The van der Waals surface area contributed by atoms with Crippen LogP contribution in [0.15, 0.2) is 136 Å². The van der Waals surface area contributed by atoms with Crippen LogP contribution in [0.5, 0.6) is 0 Å². The minimum Gasteiger partial charge on any atom is -0.456 e. The number of anilines is 2. The van der Waals surface area contributed by atoms with Crippen molar-refractivity contribution in [3.63, 3.8) is 0 Å². The van der Waals surface area contributed by atoms with Gasteiger partial charge in [0.15, 0.2) is 0 Å². The standard InChI is InChI=1S/C61H49BN2O2S/c1-32-23-42-37-29-54-41(40-24-44-45(30-55(40)67-54)61(7,8)22-21-60(44,5)6)27-48(37)64(34-19-17-33(18-20-34)59(2,3)4)62-46-25-38-35-13-9-11-15-50(35)66-53(38)31-49(46)63-47-26-39-36-14-10-12-16-51(36)65-52(39)28-43(47)56(32)58(63)57(42)62/h9-20,23-31H,21-22H2,1-8H3. The topological polar surface area (TPSA) is 34.5 Å². The van der Waals surface area contributed by atoms with Crippen molar-refractivity contribution < 1.29 is 8.83 Å². The Kier molecular flexibility index (Phi) is 7.11. The fourth-order valence-electron chi connectivity index (χ4n) is 12.9. The van der Waals surface area contributed by atoms with Gasteiger partial charge in [-0.2, -0.15) is 0 Å². The third-order valence-corrected chi connectivity index (χ3v) is 17.6. The van der Waals surface area contributed by atoms with Crippen LogP contribution in [0.4, 0.5) is 11.4 Å². The molecule has 2 aliphatic heterocycles. The fourth-order valence-corrected chi connectivity index (χ4v) is 14.0. The molecule has 6 heterocycles. The van der Waals surface area contributed by atoms with Crippen LogP contribution in [0, 0.1) is 6.92 Å². The number of nitrogens with zero attached hydrogens (tertiary/aromatic N) is 2. The summed E-state index contributed by atoms with van der Waals surface area (Å²) in [4.78, 5) is 2.70. The fraction of sp³-hybridized carbons (Fsp3) is 0.213. The lowest BCUT2D eigenvalue weighted by Crippen LogP contribution is -2.60. The molecule has 0 bridgehead atoms. The molecule has 0 saturated carbocycles. The molecule has 0 unspecified atom stereocenters. The second-order valence-corrected chi connectivity index (χ2v) is 23.5. The van der Waals surface area contributed by atoms with Crippen LogP contribution in [0.25, 0.3) is 103 Å². The summed E-state index contributed by atoms with van der Waals surface area (Å²) in [7, 11) is 0. The van der Waals surface area contributed by atoms with Crippen molar-refractivity contribution in [3.8, 4) is 16.8 Å². The van der Waals surface area contributed by atoms with Gasteiger partial charge in [0, 0.05) is 81.2 Å². The third-order valence-electron chi connectivity index (χ3n) is 16.5. The van der Waals surface area contributed by atoms with Crippen LogP contribution in [-0.4, -0.2) is 11.4 Å². The Morgan fingerprint density at radius 1 is 0.567 bits per heavy atom. The lowest BCUT2D eigenvalue weighted by Gasteiger charge is -2.42. The summed E-state index contributed by atoms with van der Waals surface area (Å²) < 4.78 is 18.7. The van der Waals surface area contributed by atoms with Gasteiger partial charge in [0.1, 0.15) is 22.3 Å². The van der Waals surface area contributed by atoms with E-state index in [4.69, 9.17) is 8.83 Å². The van der Waals surface area contributed by atoms with Crippen molar-refractivity contribution in [3.05, 3.63) is 150 Å². The molecular weight excluding hydrogens is 836 g/mol. The molecule has 0 amide bonds. The second kappa shape index (κ2) is 12.4. The first kappa shape index (κ1) is 38.4. The maximum absolute atomic E-state index is 6.76. The van der Waals surface area contributed by atoms with E-state index in [1.54, 1.807) is 0 Å². The summed E-state index contributed by atoms with van der Waals surface area (Å²) in [5.74, 6) is 0. The highest BCUT2D eigenvalue weighted by atomic mass is 32.1. The number of fused-ring (bicyclic) bond motifs is 18. The van der Waals surface area contributed by atoms with Crippen molar-refractivity contribution in [1.29, 1.82) is 0 Å². The van der Waals surface area contributed by atoms with Crippen molar-refractivity contribution >= 4 is 126 Å². The Morgan fingerprint density at radius 2 is 1.19 bits per heavy atom. The quantitative estimate of drug-likeness (QED) is 0.154. The van der Waals surface area contributed by atoms with Gasteiger partial charge in [-0.25, -0.2) is 0 Å². The number of hydrogen-bond donors (Lipinski definition) is 0. The molecule has 0 saturated heterocycles. The first-order valence-corrected chi connectivity index (χ1v) is 24.9. The smallest absolute Gasteiger partial charge is 0.333 e. The molecule has 0 N–H and O–H groups in total. The summed E-state index contributed by atoms with van der Waals surface area (Å²) in [6, 6.07) is 48.7. The lowest BCUT2D eigenvalue weighted by molar-refractivity contribution is 0.332. The molecule has 1 aliphatic carbocycles. The number of aryl methyl sites for hydroxylation is 1. The summed E-state index contributed by atoms with van der Waals surface area (Å²) >= 11 is 1.96. The van der Waals surface area contributed by atoms with E-state index in [9.17, 15) is 0 Å². The molecule has 0 fully saturated rings. The monoisotopic (exact) mass is 884 g/mol. The molecule has 324 valence electrons. The maximum Gasteiger partial charge on any atom is 0.333 e. The normalized spacial score (nSPS) is 16.1. The Hall–Kier alpha value is -6.76. The molecule has 67 heavy (non-hydrogen) atoms. The number of rotatable bonds is 1. The Labute approximate surface area is 393 Å². The minimum atomic E-state index is -0.130. The molecule has 6 heteroatoms. The van der Waals surface area contributed by atoms with E-state index in [1.807, 2.05) is 11.3 Å². The lowest BCUT2D eigenvalue weighted by atomic mass is 9.43. The van der Waals surface area contributed by atoms with E-state index in [-0.39, 0.29) is 23.1 Å². The van der Waals surface area contributed by atoms with Gasteiger partial charge in [-0.3, -0.25) is 0 Å². The Morgan fingerprint density at radius 3 is 1.90 bits per heavy atom. The number of hydrogen-bond acceptors (Lipinski definition) is 4. The molecule has 0 radical (unpaired) electrons. The van der Waals surface area contributed by atoms with Crippen molar-refractivity contribution in [1.82, 2.24) is 4.57 Å². The molecule has 0 atom stereocenters. The number of para-hydroxylation sites is 2. The number of aromatic nitrogens is 1. The molecule has 0 spiro atoms. The number of furan rings is 2. The molecular formula is C61H49BN2O2S. The summed E-state index contributed by atoms with van der Waals surface area (Å²) in [5.41, 5.74) is 20.8. The van der Waals surface area contributed by atoms with E-state index in [0.717, 1.165) is 49.6 Å². The Bertz CT molecular complexity index is 4220. The van der Waals surface area contributed by atoms with Crippen LogP contribution in [0.3, 0.4) is 0 Å². The van der Waals surface area contributed by atoms with E-state index in [0.29, 0.717) is 0 Å². The predicted molar refractivity (Wildman–Crippen MR) is 286 cm³/mol. The first-order valence-electron chi connectivity index (χ1n) is 24.1. The minimum absolute atomic E-state index is 0.0225. The zero-order valence-electron chi connectivity index (χ0n) is 39.2. The maximum atomic E-state index is 6.76. The van der Waals surface area contributed by atoms with E-state index >= 15 is 0 Å². The SMILES string of the molecule is Cc1cc2c3c4c1c1cc5oc6ccccc6c5cc1n4-c1cc4oc5ccccc5c4cc1B3N(c1ccc(C(C)(C)C)cc1)c1cc3c(cc1-2)sc1cc2c(cc13)C(C)(C)CCC2(C)C. The van der Waals surface area contributed by atoms with Gasteiger partial charge >= 0.3 is 6.85 Å². The van der Waals surface area contributed by atoms with E-state index < -0.39 is 0 Å². The van der Waals surface area contributed by atoms with Gasteiger partial charge in [0.05, 0.1) is 11.0 Å². The van der Waals surface area contributed by atoms with Gasteiger partial charge < -0.3 is 18.2 Å². The summed E-state index contributed by atoms with van der Waals surface area (Å²) in [6.45, 7) is 18.9. The second-order valence-electron chi connectivity index (χ2n) is 22.4. The van der Waals surface area contributed by atoms with Gasteiger partial charge in [-0.05, 0) is 135 Å². The van der Waals surface area contributed by atoms with Crippen LogP contribution in [-0.2, 0) is 16.2 Å². The highest BCUT2D eigenvalue weighted by Crippen LogP contribution is 2.53. The van der Waals surface area contributed by atoms with Gasteiger partial charge in [0.25, 0.3) is 0 Å². The van der Waals surface area contributed by atoms with E-state index in [1.165, 1.54) is 111 Å². The molecule has 12 aromatic rings. The van der Waals surface area contributed by atoms with Crippen LogP contribution in [0.2, 0.25) is 0 Å². The first-order chi connectivity index (χ1) is 32.2. The highest BCUT2D eigenvalue weighted by molar-refractivity contribution is 7.25. The molecule has 8 aromatic carbocycles. The average molecular weight is 885 g/mol. The summed E-state index contributed by atoms with van der Waals surface area (Å²) in [6.07, 6.45) is 2.40. The highest BCUT2D eigenvalue weighted by Gasteiger charge is 2.45. The Balaban J connectivity index is 1.11. The largest absolute Gasteiger partial charge is 0.456 e. The van der Waals surface area contributed by atoms with E-state index in [2.05, 4.69) is 192 Å². The zero-order chi connectivity index (χ0) is 45.2. The molecule has 15 rings (SSSR count). The van der Waals surface area contributed by atoms with Crippen LogP contribution in [0.1, 0.15) is 83.6 Å². The van der Waals surface area contributed by atoms with Crippen molar-refractivity contribution in [2.75, 3.05) is 4.81 Å². The predicted octanol–water partition coefficient (Wildman–Crippen LogP) is 16.1. The third kappa shape index (κ3) is 4.94. The zero-order valence-corrected chi connectivity index (χ0v) is 40.1. The number of benzene rings is 8. The van der Waals surface area contributed by atoms with Crippen LogP contribution < -0.4 is 15.7 Å². The van der Waals surface area contributed by atoms with Gasteiger partial charge in [-0.1, -0.05) is 109 Å². The molecule has 3 aliphatic rings. The number of thiophene rings is 1. The summed E-state index contributed by atoms with van der Waals surface area (Å²) in [5, 5.41) is 9.76. The molecule has 4 nitrogen and oxygen atoms in total. The molecule has 4 aromatic heterocycles. The van der Waals surface area contributed by atoms with Crippen molar-refractivity contribution in [2.24, 2.45) is 0 Å². The van der Waals surface area contributed by atoms with Gasteiger partial charge in [0.2, 0.25) is 0 Å². The van der Waals surface area contributed by atoms with Gasteiger partial charge in [-0.15, -0.1) is 11.3 Å². The average Bonchev–Trinajstić information content (AvgIpc) is 4.06.